The second-order valence-electron chi connectivity index (χ2n) is 6.84. The summed E-state index contributed by atoms with van der Waals surface area (Å²) < 4.78 is 0.583. The van der Waals surface area contributed by atoms with E-state index in [2.05, 4.69) is 25.8 Å². The molecular formula is C17H18ClN5OS2. The fourth-order valence-electron chi connectivity index (χ4n) is 4.02. The fraction of sp³-hybridized carbons (Fsp3) is 0.412. The molecule has 3 fully saturated rings. The van der Waals surface area contributed by atoms with Gasteiger partial charge in [0.1, 0.15) is 9.34 Å². The average molecular weight is 408 g/mol. The van der Waals surface area contributed by atoms with E-state index in [-0.39, 0.29) is 5.91 Å². The number of piperidine rings is 2. The molecule has 3 saturated heterocycles. The Hall–Kier alpha value is -1.45. The Labute approximate surface area is 164 Å². The number of halogens is 1. The highest BCUT2D eigenvalue weighted by atomic mass is 35.5. The second kappa shape index (κ2) is 6.31. The molecule has 1 amide bonds. The second-order valence-corrected chi connectivity index (χ2v) is 9.25. The van der Waals surface area contributed by atoms with Gasteiger partial charge >= 0.3 is 0 Å². The topological polar surface area (TPSA) is 68.8 Å². The van der Waals surface area contributed by atoms with Crippen molar-refractivity contribution in [2.45, 2.75) is 30.6 Å². The van der Waals surface area contributed by atoms with E-state index in [9.17, 15) is 4.79 Å². The number of amides is 1. The molecule has 1 unspecified atom stereocenters. The predicted molar refractivity (Wildman–Crippen MR) is 108 cm³/mol. The van der Waals surface area contributed by atoms with Crippen molar-refractivity contribution in [3.8, 4) is 0 Å². The van der Waals surface area contributed by atoms with Crippen LogP contribution in [0.4, 0.5) is 16.4 Å². The minimum atomic E-state index is -1.01. The van der Waals surface area contributed by atoms with Gasteiger partial charge in [0.05, 0.1) is 17.6 Å². The summed E-state index contributed by atoms with van der Waals surface area (Å²) in [5.74, 6) is -0.147. The van der Waals surface area contributed by atoms with Crippen molar-refractivity contribution in [1.82, 2.24) is 10.2 Å². The van der Waals surface area contributed by atoms with Gasteiger partial charge in [0, 0.05) is 25.2 Å². The lowest BCUT2D eigenvalue weighted by molar-refractivity contribution is -0.126. The van der Waals surface area contributed by atoms with Gasteiger partial charge in [0.15, 0.2) is 0 Å². The molecule has 3 N–H and O–H groups in total. The Morgan fingerprint density at radius 2 is 2.23 bits per heavy atom. The monoisotopic (exact) mass is 407 g/mol. The molecule has 4 aliphatic rings. The normalized spacial score (nSPS) is 30.0. The van der Waals surface area contributed by atoms with Gasteiger partial charge in [-0.15, -0.1) is 22.7 Å². The Balaban J connectivity index is 1.53. The third kappa shape index (κ3) is 2.59. The van der Waals surface area contributed by atoms with Crippen LogP contribution < -0.4 is 16.0 Å². The van der Waals surface area contributed by atoms with Gasteiger partial charge in [-0.05, 0) is 35.7 Å². The van der Waals surface area contributed by atoms with Gasteiger partial charge < -0.3 is 16.0 Å². The van der Waals surface area contributed by atoms with Crippen molar-refractivity contribution in [2.75, 3.05) is 23.7 Å². The first-order valence-corrected chi connectivity index (χ1v) is 10.7. The summed E-state index contributed by atoms with van der Waals surface area (Å²) in [6.07, 6.45) is 4.00. The van der Waals surface area contributed by atoms with Crippen LogP contribution in [0.3, 0.4) is 0 Å². The first-order valence-electron chi connectivity index (χ1n) is 8.61. The number of rotatable bonds is 3. The maximum absolute atomic E-state index is 13.5. The van der Waals surface area contributed by atoms with Crippen molar-refractivity contribution in [3.05, 3.63) is 27.2 Å². The molecule has 6 rings (SSSR count). The SMILES string of the molecule is O=C(Nc1ccsc1Cl)C1(N2C[C@H]3CC[C@@H]2CN3)C=Nc2sccc2N1. The Morgan fingerprint density at radius 1 is 1.35 bits per heavy atom. The van der Waals surface area contributed by atoms with E-state index < -0.39 is 5.66 Å². The number of hydrogen-bond acceptors (Lipinski definition) is 7. The lowest BCUT2D eigenvalue weighted by Gasteiger charge is -2.53. The van der Waals surface area contributed by atoms with Crippen molar-refractivity contribution in [2.24, 2.45) is 4.99 Å². The zero-order valence-electron chi connectivity index (χ0n) is 13.9. The highest BCUT2D eigenvalue weighted by molar-refractivity contribution is 7.15. The van der Waals surface area contributed by atoms with E-state index in [4.69, 9.17) is 11.6 Å². The summed E-state index contributed by atoms with van der Waals surface area (Å²) in [6, 6.07) is 4.52. The summed E-state index contributed by atoms with van der Waals surface area (Å²) in [5, 5.41) is 14.8. The maximum atomic E-state index is 13.5. The molecule has 2 aromatic heterocycles. The molecule has 0 spiro atoms. The van der Waals surface area contributed by atoms with Crippen LogP contribution in [-0.4, -0.2) is 47.9 Å². The summed E-state index contributed by atoms with van der Waals surface area (Å²) in [7, 11) is 0. The number of carbonyl (C=O) groups is 1. The summed E-state index contributed by atoms with van der Waals surface area (Å²) in [5.41, 5.74) is 0.538. The van der Waals surface area contributed by atoms with Gasteiger partial charge in [-0.1, -0.05) is 11.6 Å². The molecule has 6 nitrogen and oxygen atoms in total. The first kappa shape index (κ1) is 16.7. The quantitative estimate of drug-likeness (QED) is 0.729. The molecule has 26 heavy (non-hydrogen) atoms. The number of fused-ring (bicyclic) bond motifs is 4. The highest BCUT2D eigenvalue weighted by Crippen LogP contribution is 2.40. The largest absolute Gasteiger partial charge is 0.352 e. The Kier molecular flexibility index (Phi) is 4.06. The summed E-state index contributed by atoms with van der Waals surface area (Å²) in [4.78, 5) is 20.3. The van der Waals surface area contributed by atoms with Crippen molar-refractivity contribution in [3.63, 3.8) is 0 Å². The smallest absolute Gasteiger partial charge is 0.271 e. The molecule has 6 heterocycles. The zero-order chi connectivity index (χ0) is 17.7. The van der Waals surface area contributed by atoms with E-state index >= 15 is 0 Å². The molecule has 3 atom stereocenters. The van der Waals surface area contributed by atoms with Crippen molar-refractivity contribution < 1.29 is 4.79 Å². The number of nitrogens with zero attached hydrogens (tertiary/aromatic N) is 2. The van der Waals surface area contributed by atoms with Crippen LogP contribution in [0.25, 0.3) is 0 Å². The minimum absolute atomic E-state index is 0.147. The molecule has 4 aliphatic heterocycles. The van der Waals surface area contributed by atoms with Gasteiger partial charge in [0.2, 0.25) is 5.66 Å². The van der Waals surface area contributed by atoms with E-state index in [0.29, 0.717) is 22.1 Å². The molecule has 0 radical (unpaired) electrons. The molecule has 9 heteroatoms. The minimum Gasteiger partial charge on any atom is -0.352 e. The van der Waals surface area contributed by atoms with Gasteiger partial charge in [0.25, 0.3) is 5.91 Å². The number of hydrogen-bond donors (Lipinski definition) is 3. The molecule has 136 valence electrons. The average Bonchev–Trinajstić information content (AvgIpc) is 3.30. The first-order chi connectivity index (χ1) is 12.7. The third-order valence-corrected chi connectivity index (χ3v) is 7.34. The van der Waals surface area contributed by atoms with Crippen LogP contribution in [0, 0.1) is 0 Å². The Bertz CT molecular complexity index is 872. The van der Waals surface area contributed by atoms with Crippen LogP contribution >= 0.6 is 34.3 Å². The van der Waals surface area contributed by atoms with Gasteiger partial charge in [-0.25, -0.2) is 4.99 Å². The standard InChI is InChI=1S/C17H18ClN5OS2/c18-14-12(3-5-25-14)21-16(24)17(9-20-15-13(22-17)4-6-26-15)23-8-10-1-2-11(23)7-19-10/h3-6,9-11,19,22H,1-2,7-8H2,(H,21,24)/t10-,11-,17?/m1/s1. The molecule has 0 aliphatic carbocycles. The lowest BCUT2D eigenvalue weighted by Crippen LogP contribution is -2.74. The molecule has 0 aromatic carbocycles. The lowest BCUT2D eigenvalue weighted by atomic mass is 9.89. The fourth-order valence-corrected chi connectivity index (χ4v) is 5.54. The van der Waals surface area contributed by atoms with Crippen LogP contribution in [0.2, 0.25) is 4.34 Å². The molecule has 0 saturated carbocycles. The van der Waals surface area contributed by atoms with Gasteiger partial charge in [-0.2, -0.15) is 0 Å². The molecule has 2 aromatic rings. The van der Waals surface area contributed by atoms with Crippen LogP contribution in [0.15, 0.2) is 27.9 Å². The van der Waals surface area contributed by atoms with Crippen molar-refractivity contribution in [1.29, 1.82) is 0 Å². The number of piperazine rings is 1. The summed E-state index contributed by atoms with van der Waals surface area (Å²) >= 11 is 9.18. The predicted octanol–water partition coefficient (Wildman–Crippen LogP) is 3.36. The Morgan fingerprint density at radius 3 is 2.92 bits per heavy atom. The maximum Gasteiger partial charge on any atom is 0.271 e. The van der Waals surface area contributed by atoms with E-state index in [1.165, 1.54) is 11.3 Å². The van der Waals surface area contributed by atoms with Crippen LogP contribution in [0.1, 0.15) is 12.8 Å². The highest BCUT2D eigenvalue weighted by Gasteiger charge is 2.51. The number of thiophene rings is 2. The van der Waals surface area contributed by atoms with Crippen LogP contribution in [-0.2, 0) is 4.79 Å². The summed E-state index contributed by atoms with van der Waals surface area (Å²) in [6.45, 7) is 1.71. The molecular weight excluding hydrogens is 390 g/mol. The number of nitrogens with one attached hydrogen (secondary N) is 3. The van der Waals surface area contributed by atoms with Crippen molar-refractivity contribution >= 4 is 62.8 Å². The van der Waals surface area contributed by atoms with Crippen LogP contribution in [0.5, 0.6) is 0 Å². The number of aliphatic imine (C=N–C) groups is 1. The van der Waals surface area contributed by atoms with E-state index in [0.717, 1.165) is 36.6 Å². The van der Waals surface area contributed by atoms with E-state index in [1.807, 2.05) is 22.9 Å². The molecule has 2 bridgehead atoms. The van der Waals surface area contributed by atoms with Gasteiger partial charge in [-0.3, -0.25) is 9.69 Å². The zero-order valence-corrected chi connectivity index (χ0v) is 16.3. The number of anilines is 2. The third-order valence-electron chi connectivity index (χ3n) is 5.35. The van der Waals surface area contributed by atoms with E-state index in [1.54, 1.807) is 17.6 Å². The number of carbonyl (C=O) groups excluding carboxylic acids is 1.